The Bertz CT molecular complexity index is 520. The molecule has 0 bridgehead atoms. The van der Waals surface area contributed by atoms with Gasteiger partial charge in [-0.1, -0.05) is 0 Å². The number of hydrogen-bond acceptors (Lipinski definition) is 3. The third kappa shape index (κ3) is 1.98. The van der Waals surface area contributed by atoms with Gasteiger partial charge in [0.25, 0.3) is 5.91 Å². The highest BCUT2D eigenvalue weighted by molar-refractivity contribution is 5.97. The van der Waals surface area contributed by atoms with Gasteiger partial charge < -0.3 is 15.3 Å². The molecule has 1 amide bonds. The Hall–Kier alpha value is -1.62. The molecule has 0 aliphatic carbocycles. The van der Waals surface area contributed by atoms with Crippen LogP contribution in [-0.2, 0) is 0 Å². The van der Waals surface area contributed by atoms with Crippen molar-refractivity contribution in [1.29, 1.82) is 0 Å². The number of phenols is 1. The van der Waals surface area contributed by atoms with E-state index in [4.69, 9.17) is 0 Å². The van der Waals surface area contributed by atoms with E-state index in [-0.39, 0.29) is 23.3 Å². The van der Waals surface area contributed by atoms with Crippen molar-refractivity contribution in [3.05, 3.63) is 29.6 Å². The van der Waals surface area contributed by atoms with E-state index in [9.17, 15) is 14.3 Å². The molecule has 0 aromatic heterocycles. The van der Waals surface area contributed by atoms with Crippen molar-refractivity contribution in [2.45, 2.75) is 13.0 Å². The van der Waals surface area contributed by atoms with Crippen LogP contribution in [0.3, 0.4) is 0 Å². The minimum Gasteiger partial charge on any atom is -0.507 e. The minimum absolute atomic E-state index is 0.0554. The van der Waals surface area contributed by atoms with Gasteiger partial charge in [-0.2, -0.15) is 0 Å². The summed E-state index contributed by atoms with van der Waals surface area (Å²) in [5, 5.41) is 13.1. The molecule has 19 heavy (non-hydrogen) atoms. The zero-order valence-corrected chi connectivity index (χ0v) is 10.8. The molecule has 1 aromatic rings. The molecular weight excluding hydrogens is 247 g/mol. The number of benzene rings is 1. The maximum Gasteiger partial charge on any atom is 0.257 e. The van der Waals surface area contributed by atoms with Crippen LogP contribution in [0, 0.1) is 17.7 Å². The lowest BCUT2D eigenvalue weighted by Crippen LogP contribution is -2.38. The van der Waals surface area contributed by atoms with Crippen molar-refractivity contribution >= 4 is 5.91 Å². The van der Waals surface area contributed by atoms with Crippen molar-refractivity contribution < 1.29 is 14.3 Å². The van der Waals surface area contributed by atoms with Crippen LogP contribution in [0.2, 0.25) is 0 Å². The number of hydrogen-bond donors (Lipinski definition) is 2. The summed E-state index contributed by atoms with van der Waals surface area (Å²) in [6.45, 7) is 4.54. The molecule has 0 saturated carbocycles. The fourth-order valence-corrected chi connectivity index (χ4v) is 3.27. The number of carbonyl (C=O) groups excluding carboxylic acids is 1. The maximum absolute atomic E-state index is 13.2. The third-order valence-electron chi connectivity index (χ3n) is 4.38. The van der Waals surface area contributed by atoms with Crippen LogP contribution in [0.15, 0.2) is 18.2 Å². The Morgan fingerprint density at radius 2 is 2.26 bits per heavy atom. The van der Waals surface area contributed by atoms with Crippen molar-refractivity contribution in [2.24, 2.45) is 11.8 Å². The molecule has 2 fully saturated rings. The Morgan fingerprint density at radius 1 is 1.47 bits per heavy atom. The van der Waals surface area contributed by atoms with Gasteiger partial charge >= 0.3 is 0 Å². The molecule has 2 aliphatic rings. The molecule has 102 valence electrons. The molecule has 3 rings (SSSR count). The molecule has 1 aromatic carbocycles. The summed E-state index contributed by atoms with van der Waals surface area (Å²) in [7, 11) is 0. The van der Waals surface area contributed by atoms with E-state index in [1.54, 1.807) is 4.90 Å². The van der Waals surface area contributed by atoms with Gasteiger partial charge in [-0.05, 0) is 37.0 Å². The molecule has 2 aliphatic heterocycles. The van der Waals surface area contributed by atoms with Gasteiger partial charge in [-0.15, -0.1) is 0 Å². The number of carbonyl (C=O) groups is 1. The lowest BCUT2D eigenvalue weighted by atomic mass is 9.95. The number of fused-ring (bicyclic) bond motifs is 1. The number of rotatable bonds is 1. The smallest absolute Gasteiger partial charge is 0.257 e. The first-order chi connectivity index (χ1) is 9.08. The molecule has 5 heteroatoms. The maximum atomic E-state index is 13.2. The zero-order chi connectivity index (χ0) is 13.6. The Labute approximate surface area is 111 Å². The Kier molecular flexibility index (Phi) is 2.93. The third-order valence-corrected chi connectivity index (χ3v) is 4.38. The highest BCUT2D eigenvalue weighted by Gasteiger charge is 2.44. The summed E-state index contributed by atoms with van der Waals surface area (Å²) in [5.74, 6) is -0.0168. The monoisotopic (exact) mass is 264 g/mol. The fraction of sp³-hybridized carbons (Fsp3) is 0.500. The number of nitrogens with zero attached hydrogens (tertiary/aromatic N) is 1. The van der Waals surface area contributed by atoms with Gasteiger partial charge in [0.05, 0.1) is 5.56 Å². The quantitative estimate of drug-likeness (QED) is 0.801. The summed E-state index contributed by atoms with van der Waals surface area (Å²) in [6, 6.07) is 3.61. The van der Waals surface area contributed by atoms with E-state index in [0.29, 0.717) is 18.4 Å². The second-order valence-corrected chi connectivity index (χ2v) is 5.44. The van der Waals surface area contributed by atoms with E-state index >= 15 is 0 Å². The molecule has 2 saturated heterocycles. The summed E-state index contributed by atoms with van der Waals surface area (Å²) >= 11 is 0. The van der Waals surface area contributed by atoms with Crippen LogP contribution in [0.4, 0.5) is 4.39 Å². The fourth-order valence-electron chi connectivity index (χ4n) is 3.27. The first-order valence-electron chi connectivity index (χ1n) is 6.58. The van der Waals surface area contributed by atoms with Crippen molar-refractivity contribution in [2.75, 3.05) is 19.6 Å². The number of halogens is 1. The topological polar surface area (TPSA) is 52.6 Å². The molecule has 3 atom stereocenters. The average Bonchev–Trinajstić information content (AvgIpc) is 2.95. The van der Waals surface area contributed by atoms with Crippen LogP contribution in [0.1, 0.15) is 17.3 Å². The number of aromatic hydroxyl groups is 1. The van der Waals surface area contributed by atoms with Crippen LogP contribution in [0.25, 0.3) is 0 Å². The molecular formula is C14H17FN2O2. The number of nitrogens with one attached hydrogen (secondary N) is 1. The van der Waals surface area contributed by atoms with Gasteiger partial charge in [0.1, 0.15) is 11.6 Å². The van der Waals surface area contributed by atoms with Crippen molar-refractivity contribution in [1.82, 2.24) is 10.2 Å². The first-order valence-corrected chi connectivity index (χ1v) is 6.58. The van der Waals surface area contributed by atoms with Gasteiger partial charge in [0.2, 0.25) is 0 Å². The van der Waals surface area contributed by atoms with E-state index in [2.05, 4.69) is 5.32 Å². The predicted octanol–water partition coefficient (Wildman–Crippen LogP) is 1.21. The zero-order valence-electron chi connectivity index (χ0n) is 10.8. The van der Waals surface area contributed by atoms with E-state index in [1.165, 1.54) is 6.07 Å². The normalized spacial score (nSPS) is 29.6. The van der Waals surface area contributed by atoms with Gasteiger partial charge in [0.15, 0.2) is 0 Å². The minimum atomic E-state index is -0.505. The van der Waals surface area contributed by atoms with Gasteiger partial charge in [0, 0.05) is 25.7 Å². The van der Waals surface area contributed by atoms with Crippen LogP contribution >= 0.6 is 0 Å². The Balaban J connectivity index is 1.86. The van der Waals surface area contributed by atoms with Crippen molar-refractivity contribution in [3.8, 4) is 5.75 Å². The summed E-state index contributed by atoms with van der Waals surface area (Å²) in [5.41, 5.74) is 0.0554. The highest BCUT2D eigenvalue weighted by Crippen LogP contribution is 2.34. The van der Waals surface area contributed by atoms with E-state index in [1.807, 2.05) is 6.92 Å². The largest absolute Gasteiger partial charge is 0.507 e. The number of likely N-dealkylation sites (tertiary alicyclic amines) is 1. The lowest BCUT2D eigenvalue weighted by molar-refractivity contribution is 0.0725. The highest BCUT2D eigenvalue weighted by atomic mass is 19.1. The molecule has 4 nitrogen and oxygen atoms in total. The predicted molar refractivity (Wildman–Crippen MR) is 68.4 cm³/mol. The summed E-state index contributed by atoms with van der Waals surface area (Å²) < 4.78 is 13.2. The van der Waals surface area contributed by atoms with Crippen LogP contribution in [-0.4, -0.2) is 41.6 Å². The first kappa shape index (κ1) is 12.4. The van der Waals surface area contributed by atoms with Crippen LogP contribution < -0.4 is 5.32 Å². The van der Waals surface area contributed by atoms with E-state index < -0.39 is 5.82 Å². The van der Waals surface area contributed by atoms with Crippen LogP contribution in [0.5, 0.6) is 5.75 Å². The molecule has 2 N–H and O–H groups in total. The number of amides is 1. The van der Waals surface area contributed by atoms with Crippen molar-refractivity contribution in [3.63, 3.8) is 0 Å². The SMILES string of the molecule is CC1C2CNCC2CN1C(=O)c1cc(F)ccc1O. The molecule has 3 unspecified atom stereocenters. The molecule has 2 heterocycles. The lowest BCUT2D eigenvalue weighted by Gasteiger charge is -2.24. The van der Waals surface area contributed by atoms with Gasteiger partial charge in [-0.3, -0.25) is 4.79 Å². The second-order valence-electron chi connectivity index (χ2n) is 5.44. The summed E-state index contributed by atoms with van der Waals surface area (Å²) in [4.78, 5) is 14.2. The standard InChI is InChI=1S/C14H17FN2O2/c1-8-12-6-16-5-9(12)7-17(8)14(19)11-4-10(15)2-3-13(11)18/h2-4,8-9,12,16,18H,5-7H2,1H3. The van der Waals surface area contributed by atoms with Gasteiger partial charge in [-0.25, -0.2) is 4.39 Å². The van der Waals surface area contributed by atoms with E-state index in [0.717, 1.165) is 25.2 Å². The average molecular weight is 264 g/mol. The Morgan fingerprint density at radius 3 is 3.00 bits per heavy atom. The molecule has 0 spiro atoms. The summed E-state index contributed by atoms with van der Waals surface area (Å²) in [6.07, 6.45) is 0. The number of phenolic OH excluding ortho intramolecular Hbond substituents is 1. The second kappa shape index (κ2) is 4.49. The molecule has 0 radical (unpaired) electrons.